The summed E-state index contributed by atoms with van der Waals surface area (Å²) in [6.45, 7) is 5.24. The molecule has 0 aromatic rings. The maximum absolute atomic E-state index is 8.83. The van der Waals surface area contributed by atoms with Crippen molar-refractivity contribution in [3.63, 3.8) is 0 Å². The Balaban J connectivity index is -0.0000000910. The van der Waals surface area contributed by atoms with E-state index < -0.39 is 0 Å². The summed E-state index contributed by atoms with van der Waals surface area (Å²) in [7, 11) is 3.17. The Hall–Kier alpha value is 0.534. The van der Waals surface area contributed by atoms with Gasteiger partial charge in [-0.25, -0.2) is 0 Å². The third kappa shape index (κ3) is 38.8. The van der Waals surface area contributed by atoms with Gasteiger partial charge in [0.05, 0.1) is 0 Å². The fraction of sp³-hybridized carbons (Fsp3) is 0.667. The fourth-order valence-electron chi connectivity index (χ4n) is 0. The first-order valence-corrected chi connectivity index (χ1v) is 2.57. The second-order valence-electron chi connectivity index (χ2n) is 1.54. The molecule has 0 aliphatic carbocycles. The zero-order valence-corrected chi connectivity index (χ0v) is 9.73. The van der Waals surface area contributed by atoms with Crippen LogP contribution in [0.1, 0.15) is 13.8 Å². The molecule has 1 N–H and O–H groups in total. The molecule has 10 heavy (non-hydrogen) atoms. The average molecular weight is 220 g/mol. The SMILES string of the molecule is CN[C-](C)C.CO[C-]=O.[Y]. The number of rotatable bonds is 2. The predicted octanol–water partition coefficient (Wildman–Crippen LogP) is 0.475. The second-order valence-corrected chi connectivity index (χ2v) is 1.54. The topological polar surface area (TPSA) is 38.3 Å². The van der Waals surface area contributed by atoms with Crippen LogP contribution in [-0.4, -0.2) is 20.6 Å². The van der Waals surface area contributed by atoms with Gasteiger partial charge in [0.15, 0.2) is 0 Å². The van der Waals surface area contributed by atoms with Crippen molar-refractivity contribution in [1.29, 1.82) is 0 Å². The van der Waals surface area contributed by atoms with E-state index in [1.54, 1.807) is 0 Å². The first-order valence-electron chi connectivity index (χ1n) is 2.57. The molecule has 0 heterocycles. The van der Waals surface area contributed by atoms with Crippen LogP contribution in [0.5, 0.6) is 0 Å². The molecule has 1 radical (unpaired) electrons. The molecule has 0 saturated heterocycles. The Morgan fingerprint density at radius 2 is 1.70 bits per heavy atom. The van der Waals surface area contributed by atoms with Gasteiger partial charge in [-0.1, -0.05) is 6.47 Å². The van der Waals surface area contributed by atoms with Gasteiger partial charge in [0.25, 0.3) is 0 Å². The molecule has 4 heteroatoms. The molecular formula is C6H13NO2Y-2. The maximum Gasteiger partial charge on any atom is 0.0362 e. The first kappa shape index (κ1) is 16.9. The van der Waals surface area contributed by atoms with Crippen LogP contribution in [-0.2, 0) is 42.2 Å². The van der Waals surface area contributed by atoms with Gasteiger partial charge >= 0.3 is 0 Å². The molecule has 0 unspecified atom stereocenters. The number of hydrogen-bond donors (Lipinski definition) is 1. The zero-order valence-electron chi connectivity index (χ0n) is 6.89. The van der Waals surface area contributed by atoms with Gasteiger partial charge in [0.2, 0.25) is 0 Å². The number of carbonyl (C=O) groups excluding carboxylic acids is 1. The molecular weight excluding hydrogens is 207 g/mol. The van der Waals surface area contributed by atoms with Crippen LogP contribution >= 0.6 is 0 Å². The third-order valence-electron chi connectivity index (χ3n) is 0.583. The van der Waals surface area contributed by atoms with E-state index in [-0.39, 0.29) is 32.7 Å². The van der Waals surface area contributed by atoms with E-state index in [2.05, 4.69) is 10.1 Å². The fourth-order valence-corrected chi connectivity index (χ4v) is 0. The largest absolute Gasteiger partial charge is 0.655 e. The van der Waals surface area contributed by atoms with Gasteiger partial charge in [0, 0.05) is 39.8 Å². The summed E-state index contributed by atoms with van der Waals surface area (Å²) in [5, 5.41) is 2.94. The summed E-state index contributed by atoms with van der Waals surface area (Å²) >= 11 is 0. The summed E-state index contributed by atoms with van der Waals surface area (Å²) < 4.78 is 3.74. The van der Waals surface area contributed by atoms with Crippen molar-refractivity contribution < 1.29 is 42.2 Å². The molecule has 0 aliphatic rings. The van der Waals surface area contributed by atoms with Crippen LogP contribution in [0.2, 0.25) is 0 Å². The molecule has 0 fully saturated rings. The summed E-state index contributed by atoms with van der Waals surface area (Å²) in [6, 6.07) is 1.25. The summed E-state index contributed by atoms with van der Waals surface area (Å²) in [5.41, 5.74) is 0. The van der Waals surface area contributed by atoms with Crippen LogP contribution in [0.15, 0.2) is 0 Å². The van der Waals surface area contributed by atoms with E-state index in [4.69, 9.17) is 4.79 Å². The first-order chi connectivity index (χ1) is 4.18. The van der Waals surface area contributed by atoms with Crippen molar-refractivity contribution in [3.05, 3.63) is 6.04 Å². The van der Waals surface area contributed by atoms with Crippen molar-refractivity contribution in [2.75, 3.05) is 14.2 Å². The van der Waals surface area contributed by atoms with E-state index >= 15 is 0 Å². The predicted molar refractivity (Wildman–Crippen MR) is 36.4 cm³/mol. The molecule has 0 rings (SSSR count). The van der Waals surface area contributed by atoms with Crippen molar-refractivity contribution >= 4 is 6.47 Å². The normalized spacial score (nSPS) is 6.90. The zero-order chi connectivity index (χ0) is 7.70. The number of ether oxygens (including phenoxy) is 1. The Morgan fingerprint density at radius 3 is 1.70 bits per heavy atom. The molecule has 0 spiro atoms. The molecule has 0 bridgehead atoms. The minimum atomic E-state index is 0. The molecule has 0 atom stereocenters. The van der Waals surface area contributed by atoms with Crippen molar-refractivity contribution in [3.8, 4) is 0 Å². The van der Waals surface area contributed by atoms with E-state index in [0.717, 1.165) is 0 Å². The number of nitrogens with one attached hydrogen (secondary N) is 1. The summed E-state index contributed by atoms with van der Waals surface area (Å²) in [6.07, 6.45) is 0. The third-order valence-corrected chi connectivity index (χ3v) is 0.583. The smallest absolute Gasteiger partial charge is 0.0362 e. The van der Waals surface area contributed by atoms with Crippen LogP contribution in [0, 0.1) is 6.04 Å². The maximum atomic E-state index is 8.83. The average Bonchev–Trinajstić information content (AvgIpc) is 1.89. The molecule has 0 aromatic heterocycles. The molecule has 0 aromatic carbocycles. The van der Waals surface area contributed by atoms with Gasteiger partial charge in [0.1, 0.15) is 0 Å². The van der Waals surface area contributed by atoms with Gasteiger partial charge in [-0.15, -0.1) is 0 Å². The number of methoxy groups -OCH3 is 1. The van der Waals surface area contributed by atoms with Gasteiger partial charge in [-0.05, 0) is 7.05 Å². The van der Waals surface area contributed by atoms with E-state index in [1.165, 1.54) is 19.6 Å². The molecule has 0 saturated carbocycles. The summed E-state index contributed by atoms with van der Waals surface area (Å²) in [5.74, 6) is 0. The molecule has 0 amide bonds. The monoisotopic (exact) mass is 220 g/mol. The quantitative estimate of drug-likeness (QED) is 0.687. The Labute approximate surface area is 87.8 Å². The van der Waals surface area contributed by atoms with Crippen molar-refractivity contribution in [1.82, 2.24) is 5.32 Å². The van der Waals surface area contributed by atoms with Crippen LogP contribution in [0.3, 0.4) is 0 Å². The van der Waals surface area contributed by atoms with Gasteiger partial charge < -0.3 is 14.8 Å². The standard InChI is InChI=1S/C4H10N.C2H3O2.Y/c1-4(2)5-3;1-4-2-3;/h5H,1-3H3;1H3;/q2*-1;. The van der Waals surface area contributed by atoms with Gasteiger partial charge in [-0.2, -0.15) is 13.8 Å². The van der Waals surface area contributed by atoms with Gasteiger partial charge in [-0.3, -0.25) is 6.04 Å². The Bertz CT molecular complexity index is 59.7. The molecule has 59 valence electrons. The minimum absolute atomic E-state index is 0. The molecule has 3 nitrogen and oxygen atoms in total. The van der Waals surface area contributed by atoms with Crippen LogP contribution in [0.25, 0.3) is 0 Å². The van der Waals surface area contributed by atoms with Crippen molar-refractivity contribution in [2.45, 2.75) is 13.8 Å². The Morgan fingerprint density at radius 1 is 1.50 bits per heavy atom. The second kappa shape index (κ2) is 16.3. The Kier molecular flexibility index (Phi) is 27.4. The van der Waals surface area contributed by atoms with E-state index in [0.29, 0.717) is 0 Å². The van der Waals surface area contributed by atoms with Crippen molar-refractivity contribution in [2.24, 2.45) is 0 Å². The van der Waals surface area contributed by atoms with Crippen LogP contribution in [0.4, 0.5) is 0 Å². The number of hydrogen-bond acceptors (Lipinski definition) is 3. The van der Waals surface area contributed by atoms with Crippen LogP contribution < -0.4 is 5.32 Å². The van der Waals surface area contributed by atoms with E-state index in [9.17, 15) is 0 Å². The summed E-state index contributed by atoms with van der Waals surface area (Å²) in [4.78, 5) is 8.83. The van der Waals surface area contributed by atoms with E-state index in [1.807, 2.05) is 20.9 Å². The minimum Gasteiger partial charge on any atom is -0.655 e. The molecule has 0 aliphatic heterocycles.